The summed E-state index contributed by atoms with van der Waals surface area (Å²) in [4.78, 5) is -2.00. The molecule has 0 spiro atoms. The van der Waals surface area contributed by atoms with E-state index in [0.717, 1.165) is 6.07 Å². The molecule has 0 saturated heterocycles. The zero-order valence-electron chi connectivity index (χ0n) is 16.9. The molecule has 0 atom stereocenters. The van der Waals surface area contributed by atoms with Crippen molar-refractivity contribution in [3.63, 3.8) is 0 Å². The van der Waals surface area contributed by atoms with Crippen molar-refractivity contribution < 1.29 is 48.1 Å². The van der Waals surface area contributed by atoms with E-state index in [0.29, 0.717) is 11.6 Å². The Bertz CT molecular complexity index is 1700. The first-order valence-corrected chi connectivity index (χ1v) is 16.6. The Kier molecular flexibility index (Phi) is 7.33. The zero-order valence-corrected chi connectivity index (χ0v) is 23.6. The minimum absolute atomic E-state index is 0.360. The molecule has 3 aromatic carbocycles. The molecule has 0 aliphatic carbocycles. The van der Waals surface area contributed by atoms with Gasteiger partial charge in [-0.1, -0.05) is 0 Å². The van der Waals surface area contributed by atoms with Gasteiger partial charge in [0.1, 0.15) is 0 Å². The fourth-order valence-electron chi connectivity index (χ4n) is 3.09. The van der Waals surface area contributed by atoms with Crippen LogP contribution in [0.15, 0.2) is 53.2 Å². The van der Waals surface area contributed by atoms with E-state index in [1.54, 1.807) is 6.92 Å². The number of phenolic OH excluding ortho intramolecular Hbond substituents is 2. The SMILES string of the molecule is Cc1ccc([As](=O)(O)O)c(N=Nc2c(S(=O)(=O)O)c(Br)c3c(Br)c(S(=O)(=O)O)cc(O)c3c2O)c1. The number of phenols is 2. The Morgan fingerprint density at radius 3 is 2.00 bits per heavy atom. The molecule has 18 heteroatoms. The summed E-state index contributed by atoms with van der Waals surface area (Å²) in [6.45, 7) is 1.57. The van der Waals surface area contributed by atoms with Gasteiger partial charge < -0.3 is 0 Å². The molecule has 3 aromatic rings. The molecule has 0 aliphatic rings. The van der Waals surface area contributed by atoms with Crippen LogP contribution in [0.25, 0.3) is 10.8 Å². The second-order valence-corrected chi connectivity index (χ2v) is 14.6. The number of benzene rings is 3. The van der Waals surface area contributed by atoms with Crippen LogP contribution in [-0.2, 0) is 24.0 Å². The number of hydrogen-bond donors (Lipinski definition) is 6. The molecule has 0 amide bonds. The maximum atomic E-state index is 12.2. The van der Waals surface area contributed by atoms with E-state index in [9.17, 15) is 48.1 Å². The summed E-state index contributed by atoms with van der Waals surface area (Å²) in [5.74, 6) is -2.02. The van der Waals surface area contributed by atoms with E-state index < -0.39 is 85.5 Å². The van der Waals surface area contributed by atoms with Gasteiger partial charge in [-0.3, -0.25) is 0 Å². The number of hydrogen-bond acceptors (Lipinski definition) is 9. The van der Waals surface area contributed by atoms with Crippen molar-refractivity contribution >= 4 is 92.8 Å². The number of aromatic hydroxyl groups is 2. The average molecular weight is 720 g/mol. The minimum atomic E-state index is -5.54. The summed E-state index contributed by atoms with van der Waals surface area (Å²) in [6.07, 6.45) is 0. The van der Waals surface area contributed by atoms with Gasteiger partial charge in [0.05, 0.1) is 0 Å². The molecular formula is C17H13AsBr2N2O11S2. The molecule has 0 unspecified atom stereocenters. The van der Waals surface area contributed by atoms with Gasteiger partial charge in [-0.05, 0) is 0 Å². The normalized spacial score (nSPS) is 13.1. The summed E-state index contributed by atoms with van der Waals surface area (Å²) in [7, 11) is -10.2. The number of nitrogens with zero attached hydrogens (tertiary/aromatic N) is 2. The summed E-state index contributed by atoms with van der Waals surface area (Å²) < 4.78 is 96.4. The predicted molar refractivity (Wildman–Crippen MR) is 128 cm³/mol. The molecule has 188 valence electrons. The first kappa shape index (κ1) is 27.8. The van der Waals surface area contributed by atoms with Crippen molar-refractivity contribution in [3.05, 3.63) is 38.8 Å². The predicted octanol–water partition coefficient (Wildman–Crippen LogP) is 2.55. The van der Waals surface area contributed by atoms with Crippen LogP contribution in [0.5, 0.6) is 11.5 Å². The molecule has 0 fully saturated rings. The molecule has 0 aliphatic heterocycles. The summed E-state index contributed by atoms with van der Waals surface area (Å²) in [5.41, 5.74) is -0.800. The number of azo groups is 1. The van der Waals surface area contributed by atoms with Crippen LogP contribution >= 0.6 is 31.9 Å². The van der Waals surface area contributed by atoms with Crippen molar-refractivity contribution in [2.24, 2.45) is 10.2 Å². The Morgan fingerprint density at radius 1 is 0.886 bits per heavy atom. The maximum absolute atomic E-state index is 12.2. The van der Waals surface area contributed by atoms with Crippen LogP contribution in [-0.4, -0.2) is 58.5 Å². The first-order valence-electron chi connectivity index (χ1n) is 8.78. The first-order chi connectivity index (χ1) is 15.9. The standard InChI is InChI=1S/C17H13AsBr2N2O11S2/c1-6-2-3-7(18(25,26)27)8(4-6)21-22-15-16(24)11-9(23)5-10(34(28,29)30)13(19)12(11)14(20)17(15)35(31,32)33/h2-5,23-24H,1H3,(H2,25,26,27)(H,28,29,30)(H,31,32,33). The van der Waals surface area contributed by atoms with E-state index in [1.807, 2.05) is 0 Å². The third kappa shape index (κ3) is 5.33. The molecule has 6 N–H and O–H groups in total. The van der Waals surface area contributed by atoms with Crippen LogP contribution in [0.1, 0.15) is 5.56 Å². The fraction of sp³-hybridized carbons (Fsp3) is 0.0588. The number of aryl methyl sites for hydroxylation is 1. The molecule has 13 nitrogen and oxygen atoms in total. The Labute approximate surface area is 216 Å². The van der Waals surface area contributed by atoms with Crippen LogP contribution in [0.4, 0.5) is 11.4 Å². The number of halogens is 2. The second-order valence-electron chi connectivity index (χ2n) is 6.98. The van der Waals surface area contributed by atoms with Gasteiger partial charge in [0.15, 0.2) is 0 Å². The molecule has 0 heterocycles. The van der Waals surface area contributed by atoms with Gasteiger partial charge in [-0.2, -0.15) is 0 Å². The molecule has 0 saturated carbocycles. The van der Waals surface area contributed by atoms with Gasteiger partial charge in [0.25, 0.3) is 0 Å². The molecule has 3 rings (SSSR count). The molecule has 0 radical (unpaired) electrons. The monoisotopic (exact) mass is 718 g/mol. The van der Waals surface area contributed by atoms with Gasteiger partial charge >= 0.3 is 218 Å². The topological polar surface area (TPSA) is 231 Å². The van der Waals surface area contributed by atoms with Crippen LogP contribution in [0.3, 0.4) is 0 Å². The quantitative estimate of drug-likeness (QED) is 0.127. The molecule has 35 heavy (non-hydrogen) atoms. The fourth-order valence-corrected chi connectivity index (χ4v) is 8.40. The Hall–Kier alpha value is -1.82. The van der Waals surface area contributed by atoms with Crippen molar-refractivity contribution in [1.82, 2.24) is 0 Å². The molecule has 0 bridgehead atoms. The average Bonchev–Trinajstić information content (AvgIpc) is 2.68. The van der Waals surface area contributed by atoms with Crippen LogP contribution in [0.2, 0.25) is 0 Å². The van der Waals surface area contributed by atoms with Gasteiger partial charge in [-0.25, -0.2) is 0 Å². The Morgan fingerprint density at radius 2 is 1.49 bits per heavy atom. The van der Waals surface area contributed by atoms with Gasteiger partial charge in [0, 0.05) is 0 Å². The summed E-state index contributed by atoms with van der Waals surface area (Å²) >= 11 is 0.216. The third-order valence-corrected chi connectivity index (χ3v) is 10.6. The van der Waals surface area contributed by atoms with Crippen molar-refractivity contribution in [3.8, 4) is 11.5 Å². The van der Waals surface area contributed by atoms with Crippen molar-refractivity contribution in [1.29, 1.82) is 0 Å². The van der Waals surface area contributed by atoms with Crippen molar-refractivity contribution in [2.75, 3.05) is 0 Å². The van der Waals surface area contributed by atoms with Crippen LogP contribution < -0.4 is 4.35 Å². The number of rotatable bonds is 5. The summed E-state index contributed by atoms with van der Waals surface area (Å²) in [6, 6.07) is 4.29. The number of fused-ring (bicyclic) bond motifs is 1. The van der Waals surface area contributed by atoms with Gasteiger partial charge in [0.2, 0.25) is 0 Å². The second kappa shape index (κ2) is 9.24. The summed E-state index contributed by atoms with van der Waals surface area (Å²) in [5, 5.41) is 27.4. The molecule has 0 aromatic heterocycles. The van der Waals surface area contributed by atoms with E-state index in [4.69, 9.17) is 0 Å². The van der Waals surface area contributed by atoms with E-state index in [1.165, 1.54) is 12.1 Å². The van der Waals surface area contributed by atoms with E-state index >= 15 is 0 Å². The Balaban J connectivity index is 2.50. The van der Waals surface area contributed by atoms with E-state index in [2.05, 4.69) is 42.1 Å². The van der Waals surface area contributed by atoms with Crippen LogP contribution in [0, 0.1) is 6.92 Å². The van der Waals surface area contributed by atoms with E-state index in [-0.39, 0.29) is 5.69 Å². The van der Waals surface area contributed by atoms with Crippen molar-refractivity contribution in [2.45, 2.75) is 16.7 Å². The third-order valence-electron chi connectivity index (χ3n) is 4.54. The molecular weight excluding hydrogens is 707 g/mol. The zero-order chi connectivity index (χ0) is 26.7. The van der Waals surface area contributed by atoms with Gasteiger partial charge in [-0.15, -0.1) is 0 Å².